The van der Waals surface area contributed by atoms with Crippen molar-refractivity contribution in [3.63, 3.8) is 0 Å². The minimum absolute atomic E-state index is 0.710. The third-order valence-corrected chi connectivity index (χ3v) is 2.64. The Labute approximate surface area is 92.9 Å². The van der Waals surface area contributed by atoms with Crippen molar-refractivity contribution >= 4 is 0 Å². The zero-order chi connectivity index (χ0) is 11.1. The van der Waals surface area contributed by atoms with Gasteiger partial charge in [0.25, 0.3) is 0 Å². The van der Waals surface area contributed by atoms with Crippen molar-refractivity contribution in [2.75, 3.05) is 6.54 Å². The molecule has 0 spiro atoms. The Hall–Kier alpha value is -0.830. The van der Waals surface area contributed by atoms with Crippen molar-refractivity contribution in [3.8, 4) is 0 Å². The van der Waals surface area contributed by atoms with E-state index >= 15 is 0 Å². The predicted octanol–water partition coefficient (Wildman–Crippen LogP) is 2.43. The highest BCUT2D eigenvalue weighted by molar-refractivity contribution is 5.03. The first-order chi connectivity index (χ1) is 7.26. The molecule has 0 bridgehead atoms. The van der Waals surface area contributed by atoms with E-state index in [1.807, 2.05) is 6.20 Å². The maximum Gasteiger partial charge on any atom is 0.0534 e. The number of aromatic nitrogens is 2. The Balaban J connectivity index is 2.35. The molecule has 0 aliphatic rings. The second kappa shape index (κ2) is 6.62. The number of nitrogens with one attached hydrogen (secondary N) is 1. The topological polar surface area (TPSA) is 29.9 Å². The van der Waals surface area contributed by atoms with Crippen LogP contribution in [-0.4, -0.2) is 16.3 Å². The summed E-state index contributed by atoms with van der Waals surface area (Å²) in [5.41, 5.74) is 1.28. The molecule has 15 heavy (non-hydrogen) atoms. The van der Waals surface area contributed by atoms with E-state index in [9.17, 15) is 0 Å². The van der Waals surface area contributed by atoms with Gasteiger partial charge in [0, 0.05) is 24.8 Å². The van der Waals surface area contributed by atoms with Crippen molar-refractivity contribution < 1.29 is 0 Å². The van der Waals surface area contributed by atoms with Crippen LogP contribution >= 0.6 is 0 Å². The standard InChI is InChI=1S/C12H23N3/c1-4-6-13-7-12-8-14-15(10-12)9-11(3)5-2/h8,10-11,13H,4-7,9H2,1-3H3. The fraction of sp³-hybridized carbons (Fsp3) is 0.750. The Kier molecular flexibility index (Phi) is 5.40. The first-order valence-electron chi connectivity index (χ1n) is 5.98. The molecule has 0 radical (unpaired) electrons. The summed E-state index contributed by atoms with van der Waals surface area (Å²) < 4.78 is 2.05. The van der Waals surface area contributed by atoms with Crippen molar-refractivity contribution in [3.05, 3.63) is 18.0 Å². The summed E-state index contributed by atoms with van der Waals surface area (Å²) in [6.07, 6.45) is 6.50. The lowest BCUT2D eigenvalue weighted by Gasteiger charge is -2.07. The van der Waals surface area contributed by atoms with E-state index in [4.69, 9.17) is 0 Å². The fourth-order valence-electron chi connectivity index (χ4n) is 1.46. The SMILES string of the molecule is CCCNCc1cnn(CC(C)CC)c1. The molecule has 86 valence electrons. The van der Waals surface area contributed by atoms with Gasteiger partial charge < -0.3 is 5.32 Å². The average Bonchev–Trinajstić information content (AvgIpc) is 2.66. The van der Waals surface area contributed by atoms with E-state index in [-0.39, 0.29) is 0 Å². The van der Waals surface area contributed by atoms with Crippen LogP contribution in [0.25, 0.3) is 0 Å². The summed E-state index contributed by atoms with van der Waals surface area (Å²) in [5, 5.41) is 7.74. The van der Waals surface area contributed by atoms with Crippen LogP contribution in [0.15, 0.2) is 12.4 Å². The zero-order valence-corrected chi connectivity index (χ0v) is 10.2. The summed E-state index contributed by atoms with van der Waals surface area (Å²) in [7, 11) is 0. The van der Waals surface area contributed by atoms with E-state index in [0.29, 0.717) is 5.92 Å². The molecule has 0 aromatic carbocycles. The van der Waals surface area contributed by atoms with Crippen molar-refractivity contribution in [2.45, 2.75) is 46.7 Å². The lowest BCUT2D eigenvalue weighted by molar-refractivity contribution is 0.438. The Morgan fingerprint density at radius 1 is 1.47 bits per heavy atom. The van der Waals surface area contributed by atoms with Crippen LogP contribution in [0, 0.1) is 5.92 Å². The Bertz CT molecular complexity index is 268. The van der Waals surface area contributed by atoms with E-state index in [2.05, 4.69) is 42.1 Å². The highest BCUT2D eigenvalue weighted by atomic mass is 15.3. The van der Waals surface area contributed by atoms with Gasteiger partial charge in [0.15, 0.2) is 0 Å². The summed E-state index contributed by atoms with van der Waals surface area (Å²) in [4.78, 5) is 0. The zero-order valence-electron chi connectivity index (χ0n) is 10.2. The van der Waals surface area contributed by atoms with Gasteiger partial charge in [0.1, 0.15) is 0 Å². The van der Waals surface area contributed by atoms with Crippen LogP contribution in [0.4, 0.5) is 0 Å². The molecule has 0 aliphatic carbocycles. The molecule has 1 N–H and O–H groups in total. The van der Waals surface area contributed by atoms with E-state index in [1.54, 1.807) is 0 Å². The smallest absolute Gasteiger partial charge is 0.0534 e. The third-order valence-electron chi connectivity index (χ3n) is 2.64. The first kappa shape index (κ1) is 12.2. The molecular formula is C12H23N3. The summed E-state index contributed by atoms with van der Waals surface area (Å²) in [6, 6.07) is 0. The predicted molar refractivity (Wildman–Crippen MR) is 63.7 cm³/mol. The van der Waals surface area contributed by atoms with Gasteiger partial charge in [-0.1, -0.05) is 27.2 Å². The molecule has 1 aromatic rings. The summed E-state index contributed by atoms with van der Waals surface area (Å²) >= 11 is 0. The molecule has 3 nitrogen and oxygen atoms in total. The van der Waals surface area contributed by atoms with Gasteiger partial charge in [0.2, 0.25) is 0 Å². The second-order valence-electron chi connectivity index (χ2n) is 4.26. The molecule has 1 aromatic heterocycles. The second-order valence-corrected chi connectivity index (χ2v) is 4.26. The molecule has 0 fully saturated rings. The van der Waals surface area contributed by atoms with E-state index < -0.39 is 0 Å². The number of hydrogen-bond donors (Lipinski definition) is 1. The quantitative estimate of drug-likeness (QED) is 0.699. The molecule has 0 aliphatic heterocycles. The van der Waals surface area contributed by atoms with Crippen LogP contribution in [-0.2, 0) is 13.1 Å². The van der Waals surface area contributed by atoms with Crippen molar-refractivity contribution in [1.29, 1.82) is 0 Å². The molecule has 0 saturated heterocycles. The normalized spacial score (nSPS) is 13.0. The summed E-state index contributed by atoms with van der Waals surface area (Å²) in [5.74, 6) is 0.710. The molecule has 1 rings (SSSR count). The molecule has 1 atom stereocenters. The van der Waals surface area contributed by atoms with Gasteiger partial charge >= 0.3 is 0 Å². The van der Waals surface area contributed by atoms with Crippen LogP contribution in [0.2, 0.25) is 0 Å². The molecule has 1 heterocycles. The van der Waals surface area contributed by atoms with Gasteiger partial charge in [-0.05, 0) is 18.9 Å². The van der Waals surface area contributed by atoms with Gasteiger partial charge in [-0.15, -0.1) is 0 Å². The van der Waals surface area contributed by atoms with E-state index in [1.165, 1.54) is 18.4 Å². The van der Waals surface area contributed by atoms with Gasteiger partial charge in [-0.2, -0.15) is 5.10 Å². The van der Waals surface area contributed by atoms with Gasteiger partial charge in [-0.3, -0.25) is 4.68 Å². The highest BCUT2D eigenvalue weighted by Gasteiger charge is 2.02. The number of hydrogen-bond acceptors (Lipinski definition) is 2. The largest absolute Gasteiger partial charge is 0.313 e. The highest BCUT2D eigenvalue weighted by Crippen LogP contribution is 2.05. The molecular weight excluding hydrogens is 186 g/mol. The van der Waals surface area contributed by atoms with E-state index in [0.717, 1.165) is 19.6 Å². The Morgan fingerprint density at radius 2 is 2.27 bits per heavy atom. The minimum atomic E-state index is 0.710. The molecule has 0 amide bonds. The number of rotatable bonds is 7. The molecule has 3 heteroatoms. The van der Waals surface area contributed by atoms with Gasteiger partial charge in [-0.25, -0.2) is 0 Å². The lowest BCUT2D eigenvalue weighted by Crippen LogP contribution is -2.13. The monoisotopic (exact) mass is 209 g/mol. The average molecular weight is 209 g/mol. The lowest BCUT2D eigenvalue weighted by atomic mass is 10.1. The van der Waals surface area contributed by atoms with Crippen molar-refractivity contribution in [2.24, 2.45) is 5.92 Å². The van der Waals surface area contributed by atoms with Crippen LogP contribution < -0.4 is 5.32 Å². The maximum atomic E-state index is 4.36. The first-order valence-corrected chi connectivity index (χ1v) is 5.98. The maximum absolute atomic E-state index is 4.36. The third kappa shape index (κ3) is 4.47. The molecule has 1 unspecified atom stereocenters. The summed E-state index contributed by atoms with van der Waals surface area (Å²) in [6.45, 7) is 9.71. The molecule has 0 saturated carbocycles. The van der Waals surface area contributed by atoms with Gasteiger partial charge in [0.05, 0.1) is 6.20 Å². The van der Waals surface area contributed by atoms with Crippen LogP contribution in [0.1, 0.15) is 39.2 Å². The Morgan fingerprint density at radius 3 is 2.93 bits per heavy atom. The number of nitrogens with zero attached hydrogens (tertiary/aromatic N) is 2. The van der Waals surface area contributed by atoms with Crippen LogP contribution in [0.5, 0.6) is 0 Å². The minimum Gasteiger partial charge on any atom is -0.313 e. The fourth-order valence-corrected chi connectivity index (χ4v) is 1.46. The van der Waals surface area contributed by atoms with Crippen LogP contribution in [0.3, 0.4) is 0 Å². The van der Waals surface area contributed by atoms with Crippen molar-refractivity contribution in [1.82, 2.24) is 15.1 Å².